The minimum absolute atomic E-state index is 0.155. The zero-order valence-electron chi connectivity index (χ0n) is 15.8. The zero-order chi connectivity index (χ0) is 20.8. The van der Waals surface area contributed by atoms with Crippen LogP contribution >= 0.6 is 0 Å². The quantitative estimate of drug-likeness (QED) is 0.710. The monoisotopic (exact) mass is 399 g/mol. The molecule has 29 heavy (non-hydrogen) atoms. The van der Waals surface area contributed by atoms with Crippen molar-refractivity contribution in [1.82, 2.24) is 10.2 Å². The summed E-state index contributed by atoms with van der Waals surface area (Å²) >= 11 is 0. The van der Waals surface area contributed by atoms with Gasteiger partial charge >= 0.3 is 5.97 Å². The van der Waals surface area contributed by atoms with E-state index in [4.69, 9.17) is 9.15 Å². The lowest BCUT2D eigenvalue weighted by atomic mass is 10.2. The molecular weight excluding hydrogens is 378 g/mol. The lowest BCUT2D eigenvalue weighted by Crippen LogP contribution is -2.42. The molecule has 0 bridgehead atoms. The van der Waals surface area contributed by atoms with Crippen LogP contribution in [0.5, 0.6) is 0 Å². The molecule has 1 atom stereocenters. The van der Waals surface area contributed by atoms with Gasteiger partial charge in [0.05, 0.1) is 6.26 Å². The number of furan rings is 1. The number of nitrogens with zero attached hydrogens (tertiary/aromatic N) is 1. The maximum Gasteiger partial charge on any atom is 0.329 e. The summed E-state index contributed by atoms with van der Waals surface area (Å²) in [5, 5.41) is 5.09. The van der Waals surface area contributed by atoms with Crippen LogP contribution in [0.15, 0.2) is 47.1 Å². The molecule has 2 heterocycles. The standard InChI is InChI=1S/C20H21N3O6/c1-21-18(25)13-6-8-14(9-7-13)22-17(24)12-29-20(27)15-4-2-10-23(15)19(26)16-5-3-11-28-16/h3,5-9,11,15H,2,4,10,12H2,1H3,(H,21,25)(H,22,24)/t15-/m0/s1. The molecule has 0 radical (unpaired) electrons. The normalized spacial score (nSPS) is 15.6. The molecule has 3 rings (SSSR count). The van der Waals surface area contributed by atoms with Gasteiger partial charge < -0.3 is 24.7 Å². The van der Waals surface area contributed by atoms with E-state index in [1.54, 1.807) is 30.3 Å². The van der Waals surface area contributed by atoms with Gasteiger partial charge in [0.15, 0.2) is 12.4 Å². The summed E-state index contributed by atoms with van der Waals surface area (Å²) in [5.41, 5.74) is 0.925. The minimum Gasteiger partial charge on any atom is -0.459 e. The van der Waals surface area contributed by atoms with Gasteiger partial charge in [0.1, 0.15) is 6.04 Å². The fourth-order valence-corrected chi connectivity index (χ4v) is 3.08. The molecule has 1 aliphatic rings. The SMILES string of the molecule is CNC(=O)c1ccc(NC(=O)COC(=O)[C@@H]2CCCN2C(=O)c2ccco2)cc1. The molecule has 1 fully saturated rings. The summed E-state index contributed by atoms with van der Waals surface area (Å²) in [6, 6.07) is 8.67. The third-order valence-electron chi connectivity index (χ3n) is 4.52. The predicted octanol–water partition coefficient (Wildman–Crippen LogP) is 1.43. The molecule has 3 amide bonds. The third kappa shape index (κ3) is 4.81. The number of hydrogen-bond donors (Lipinski definition) is 2. The van der Waals surface area contributed by atoms with Crippen LogP contribution in [0.1, 0.15) is 33.8 Å². The second-order valence-electron chi connectivity index (χ2n) is 6.45. The molecular formula is C20H21N3O6. The highest BCUT2D eigenvalue weighted by molar-refractivity contribution is 5.97. The van der Waals surface area contributed by atoms with E-state index in [1.807, 2.05) is 0 Å². The molecule has 0 aliphatic carbocycles. The number of anilines is 1. The number of carbonyl (C=O) groups is 4. The molecule has 0 spiro atoms. The fourth-order valence-electron chi connectivity index (χ4n) is 3.08. The molecule has 1 aliphatic heterocycles. The number of hydrogen-bond acceptors (Lipinski definition) is 6. The molecule has 1 aromatic heterocycles. The van der Waals surface area contributed by atoms with Crippen molar-refractivity contribution in [2.24, 2.45) is 0 Å². The first-order chi connectivity index (χ1) is 14.0. The number of likely N-dealkylation sites (tertiary alicyclic amines) is 1. The van der Waals surface area contributed by atoms with Crippen molar-refractivity contribution in [3.63, 3.8) is 0 Å². The molecule has 2 N–H and O–H groups in total. The second kappa shape index (κ2) is 9.05. The van der Waals surface area contributed by atoms with Gasteiger partial charge in [-0.2, -0.15) is 0 Å². The van der Waals surface area contributed by atoms with E-state index in [0.29, 0.717) is 30.6 Å². The largest absolute Gasteiger partial charge is 0.459 e. The van der Waals surface area contributed by atoms with Crippen molar-refractivity contribution in [3.05, 3.63) is 54.0 Å². The Morgan fingerprint density at radius 2 is 1.93 bits per heavy atom. The topological polar surface area (TPSA) is 118 Å². The van der Waals surface area contributed by atoms with Crippen LogP contribution < -0.4 is 10.6 Å². The van der Waals surface area contributed by atoms with E-state index in [-0.39, 0.29) is 17.6 Å². The smallest absolute Gasteiger partial charge is 0.329 e. The van der Waals surface area contributed by atoms with Crippen LogP contribution in [0, 0.1) is 0 Å². The van der Waals surface area contributed by atoms with Gasteiger partial charge in [-0.1, -0.05) is 0 Å². The summed E-state index contributed by atoms with van der Waals surface area (Å²) in [5.74, 6) is -1.61. The Labute approximate surface area is 167 Å². The van der Waals surface area contributed by atoms with Crippen LogP contribution in [0.3, 0.4) is 0 Å². The Kier molecular flexibility index (Phi) is 6.28. The molecule has 9 nitrogen and oxygen atoms in total. The number of rotatable bonds is 6. The van der Waals surface area contributed by atoms with E-state index < -0.39 is 24.5 Å². The molecule has 2 aromatic rings. The van der Waals surface area contributed by atoms with Crippen molar-refractivity contribution < 1.29 is 28.3 Å². The Balaban J connectivity index is 1.51. The molecule has 1 saturated heterocycles. The Hall–Kier alpha value is -3.62. The molecule has 152 valence electrons. The Morgan fingerprint density at radius 3 is 2.59 bits per heavy atom. The highest BCUT2D eigenvalue weighted by Gasteiger charge is 2.36. The number of carbonyl (C=O) groups excluding carboxylic acids is 4. The van der Waals surface area contributed by atoms with Crippen LogP contribution in [-0.2, 0) is 14.3 Å². The van der Waals surface area contributed by atoms with E-state index in [0.717, 1.165) is 0 Å². The van der Waals surface area contributed by atoms with E-state index in [2.05, 4.69) is 10.6 Å². The van der Waals surface area contributed by atoms with Crippen LogP contribution in [0.2, 0.25) is 0 Å². The van der Waals surface area contributed by atoms with Gasteiger partial charge in [-0.15, -0.1) is 0 Å². The van der Waals surface area contributed by atoms with Gasteiger partial charge in [0, 0.05) is 24.8 Å². The average Bonchev–Trinajstić information content (AvgIpc) is 3.43. The second-order valence-corrected chi connectivity index (χ2v) is 6.45. The summed E-state index contributed by atoms with van der Waals surface area (Å²) in [7, 11) is 1.53. The number of amides is 3. The molecule has 9 heteroatoms. The minimum atomic E-state index is -0.743. The van der Waals surface area contributed by atoms with Crippen molar-refractivity contribution >= 4 is 29.4 Å². The Bertz CT molecular complexity index is 891. The maximum absolute atomic E-state index is 12.4. The van der Waals surface area contributed by atoms with E-state index in [9.17, 15) is 19.2 Å². The van der Waals surface area contributed by atoms with E-state index in [1.165, 1.54) is 24.3 Å². The number of nitrogens with one attached hydrogen (secondary N) is 2. The lowest BCUT2D eigenvalue weighted by Gasteiger charge is -2.22. The first-order valence-corrected chi connectivity index (χ1v) is 9.12. The first-order valence-electron chi connectivity index (χ1n) is 9.12. The van der Waals surface area contributed by atoms with Crippen molar-refractivity contribution in [3.8, 4) is 0 Å². The molecule has 1 aromatic carbocycles. The molecule has 0 saturated carbocycles. The van der Waals surface area contributed by atoms with Crippen LogP contribution in [0.4, 0.5) is 5.69 Å². The van der Waals surface area contributed by atoms with Crippen LogP contribution in [-0.4, -0.2) is 54.8 Å². The van der Waals surface area contributed by atoms with Crippen molar-refractivity contribution in [2.45, 2.75) is 18.9 Å². The Morgan fingerprint density at radius 1 is 1.17 bits per heavy atom. The fraction of sp³-hybridized carbons (Fsp3) is 0.300. The van der Waals surface area contributed by atoms with E-state index >= 15 is 0 Å². The van der Waals surface area contributed by atoms with Gasteiger partial charge in [-0.3, -0.25) is 14.4 Å². The summed E-state index contributed by atoms with van der Waals surface area (Å²) in [4.78, 5) is 49.7. The predicted molar refractivity (Wildman–Crippen MR) is 102 cm³/mol. The lowest BCUT2D eigenvalue weighted by molar-refractivity contribution is -0.151. The number of benzene rings is 1. The molecule has 0 unspecified atom stereocenters. The van der Waals surface area contributed by atoms with Crippen LogP contribution in [0.25, 0.3) is 0 Å². The highest BCUT2D eigenvalue weighted by atomic mass is 16.5. The zero-order valence-corrected chi connectivity index (χ0v) is 15.8. The summed E-state index contributed by atoms with van der Waals surface area (Å²) in [6.07, 6.45) is 2.52. The van der Waals surface area contributed by atoms with Gasteiger partial charge in [-0.05, 0) is 49.2 Å². The van der Waals surface area contributed by atoms with Gasteiger partial charge in [0.25, 0.3) is 17.7 Å². The third-order valence-corrected chi connectivity index (χ3v) is 4.52. The number of esters is 1. The highest BCUT2D eigenvalue weighted by Crippen LogP contribution is 2.21. The van der Waals surface area contributed by atoms with Gasteiger partial charge in [0.2, 0.25) is 0 Å². The maximum atomic E-state index is 12.4. The van der Waals surface area contributed by atoms with Crippen molar-refractivity contribution in [1.29, 1.82) is 0 Å². The summed E-state index contributed by atoms with van der Waals surface area (Å²) in [6.45, 7) is -0.0570. The van der Waals surface area contributed by atoms with Crippen molar-refractivity contribution in [2.75, 3.05) is 25.5 Å². The van der Waals surface area contributed by atoms with Gasteiger partial charge in [-0.25, -0.2) is 4.79 Å². The average molecular weight is 399 g/mol. The summed E-state index contributed by atoms with van der Waals surface area (Å²) < 4.78 is 10.2. The first kappa shape index (κ1) is 20.1. The number of ether oxygens (including phenoxy) is 1.